The van der Waals surface area contributed by atoms with E-state index in [0.717, 1.165) is 64.2 Å². The number of carbonyl (C=O) groups excluding carboxylic acids is 3. The Bertz CT molecular complexity index is 1140. The second-order valence-electron chi connectivity index (χ2n) is 18.9. The molecule has 0 aliphatic carbocycles. The Morgan fingerprint density at radius 1 is 0.308 bits per heavy atom. The molecule has 6 heteroatoms. The Balaban J connectivity index is 4.42. The van der Waals surface area contributed by atoms with Gasteiger partial charge in [-0.25, -0.2) is 0 Å². The summed E-state index contributed by atoms with van der Waals surface area (Å²) >= 11 is 0. The van der Waals surface area contributed by atoms with Crippen molar-refractivity contribution in [1.29, 1.82) is 0 Å². The van der Waals surface area contributed by atoms with E-state index in [9.17, 15) is 14.4 Å². The zero-order valence-corrected chi connectivity index (χ0v) is 43.3. The zero-order valence-electron chi connectivity index (χ0n) is 43.3. The highest BCUT2D eigenvalue weighted by atomic mass is 16.6. The maximum atomic E-state index is 12.8. The van der Waals surface area contributed by atoms with Gasteiger partial charge in [-0.2, -0.15) is 0 Å². The van der Waals surface area contributed by atoms with Crippen molar-refractivity contribution in [3.63, 3.8) is 0 Å². The van der Waals surface area contributed by atoms with Crippen molar-refractivity contribution in [1.82, 2.24) is 0 Å². The van der Waals surface area contributed by atoms with E-state index in [1.807, 2.05) is 0 Å². The molecule has 0 aliphatic heterocycles. The number of unbranched alkanes of at least 4 members (excludes halogenated alkanes) is 32. The fourth-order valence-corrected chi connectivity index (χ4v) is 8.08. The lowest BCUT2D eigenvalue weighted by Crippen LogP contribution is -2.30. The summed E-state index contributed by atoms with van der Waals surface area (Å²) in [6, 6.07) is 0. The van der Waals surface area contributed by atoms with E-state index < -0.39 is 6.10 Å². The molecule has 0 bridgehead atoms. The van der Waals surface area contributed by atoms with Crippen LogP contribution >= 0.6 is 0 Å². The third-order valence-corrected chi connectivity index (χ3v) is 12.3. The number of allylic oxidation sites excluding steroid dienone is 8. The van der Waals surface area contributed by atoms with Crippen molar-refractivity contribution in [3.8, 4) is 0 Å². The van der Waals surface area contributed by atoms with Crippen LogP contribution in [0.1, 0.15) is 290 Å². The first-order chi connectivity index (χ1) is 32.0. The second kappa shape index (κ2) is 54.0. The quantitative estimate of drug-likeness (QED) is 0.0262. The minimum absolute atomic E-state index is 0.0857. The Kier molecular flexibility index (Phi) is 51.8. The number of esters is 3. The van der Waals surface area contributed by atoms with Crippen LogP contribution in [0, 0.1) is 0 Å². The molecular formula is C59H106O6. The molecule has 0 N–H and O–H groups in total. The lowest BCUT2D eigenvalue weighted by Gasteiger charge is -2.18. The summed E-state index contributed by atoms with van der Waals surface area (Å²) in [5.41, 5.74) is 0. The second-order valence-corrected chi connectivity index (χ2v) is 18.9. The van der Waals surface area contributed by atoms with Crippen molar-refractivity contribution < 1.29 is 28.6 Å². The lowest BCUT2D eigenvalue weighted by molar-refractivity contribution is -0.167. The van der Waals surface area contributed by atoms with Crippen molar-refractivity contribution in [2.45, 2.75) is 297 Å². The molecule has 0 aromatic heterocycles. The van der Waals surface area contributed by atoms with Gasteiger partial charge in [0.2, 0.25) is 0 Å². The number of hydrogen-bond donors (Lipinski definition) is 0. The van der Waals surface area contributed by atoms with Gasteiger partial charge in [-0.1, -0.05) is 262 Å². The molecule has 0 aromatic carbocycles. The van der Waals surface area contributed by atoms with Gasteiger partial charge >= 0.3 is 17.9 Å². The van der Waals surface area contributed by atoms with Crippen molar-refractivity contribution in [2.75, 3.05) is 13.2 Å². The van der Waals surface area contributed by atoms with E-state index >= 15 is 0 Å². The van der Waals surface area contributed by atoms with Crippen LogP contribution in [-0.2, 0) is 28.6 Å². The molecule has 1 atom stereocenters. The standard InChI is InChI=1S/C59H106O6/c1-4-7-10-13-16-19-22-25-27-29-31-34-37-40-43-46-49-52-58(61)64-55-56(54-63-57(60)51-48-45-42-39-36-33-24-21-18-15-12-9-6-3)65-59(62)53-50-47-44-41-38-35-32-30-28-26-23-20-17-14-11-8-5-2/h16,19,25,27,31,34,40,43,56H,4-15,17-18,20-24,26,28-30,32-33,35-39,41-42,44-55H2,1-3H3/b19-16+,27-25+,34-31+,43-40+/t56-/m1/s1. The van der Waals surface area contributed by atoms with Gasteiger partial charge < -0.3 is 14.2 Å². The molecule has 0 rings (SSSR count). The van der Waals surface area contributed by atoms with Crippen molar-refractivity contribution in [2.24, 2.45) is 0 Å². The van der Waals surface area contributed by atoms with Crippen LogP contribution in [0.5, 0.6) is 0 Å². The van der Waals surface area contributed by atoms with Crippen LogP contribution in [0.25, 0.3) is 0 Å². The molecule has 0 amide bonds. The van der Waals surface area contributed by atoms with Crippen LogP contribution in [0.2, 0.25) is 0 Å². The van der Waals surface area contributed by atoms with Gasteiger partial charge in [-0.15, -0.1) is 0 Å². The van der Waals surface area contributed by atoms with Crippen molar-refractivity contribution in [3.05, 3.63) is 48.6 Å². The highest BCUT2D eigenvalue weighted by Gasteiger charge is 2.19. The molecule has 0 saturated carbocycles. The first kappa shape index (κ1) is 62.4. The summed E-state index contributed by atoms with van der Waals surface area (Å²) < 4.78 is 16.8. The Morgan fingerprint density at radius 3 is 0.923 bits per heavy atom. The molecule has 0 saturated heterocycles. The molecule has 0 radical (unpaired) electrons. The van der Waals surface area contributed by atoms with Crippen LogP contribution in [-0.4, -0.2) is 37.2 Å². The molecule has 0 spiro atoms. The molecule has 0 heterocycles. The lowest BCUT2D eigenvalue weighted by atomic mass is 10.0. The predicted molar refractivity (Wildman–Crippen MR) is 279 cm³/mol. The maximum absolute atomic E-state index is 12.8. The number of ether oxygens (including phenoxy) is 3. The molecule has 0 aliphatic rings. The van der Waals surface area contributed by atoms with Gasteiger partial charge in [0.15, 0.2) is 6.10 Å². The average molecular weight is 911 g/mol. The number of rotatable bonds is 51. The first-order valence-electron chi connectivity index (χ1n) is 28.1. The minimum Gasteiger partial charge on any atom is -0.462 e. The van der Waals surface area contributed by atoms with E-state index in [-0.39, 0.29) is 37.5 Å². The van der Waals surface area contributed by atoms with Crippen molar-refractivity contribution >= 4 is 17.9 Å². The van der Waals surface area contributed by atoms with E-state index in [1.54, 1.807) is 0 Å². The molecule has 6 nitrogen and oxygen atoms in total. The van der Waals surface area contributed by atoms with E-state index in [1.165, 1.54) is 180 Å². The average Bonchev–Trinajstić information content (AvgIpc) is 3.30. The van der Waals surface area contributed by atoms with Gasteiger partial charge in [0.05, 0.1) is 0 Å². The summed E-state index contributed by atoms with van der Waals surface area (Å²) in [7, 11) is 0. The summed E-state index contributed by atoms with van der Waals surface area (Å²) in [6.07, 6.45) is 65.3. The van der Waals surface area contributed by atoms with Gasteiger partial charge in [0.25, 0.3) is 0 Å². The summed E-state index contributed by atoms with van der Waals surface area (Å²) in [4.78, 5) is 38.1. The Morgan fingerprint density at radius 2 is 0.569 bits per heavy atom. The zero-order chi connectivity index (χ0) is 47.2. The summed E-state index contributed by atoms with van der Waals surface area (Å²) in [5, 5.41) is 0. The molecule has 0 fully saturated rings. The first-order valence-corrected chi connectivity index (χ1v) is 28.1. The van der Waals surface area contributed by atoms with Gasteiger partial charge in [-0.05, 0) is 57.8 Å². The highest BCUT2D eigenvalue weighted by Crippen LogP contribution is 2.16. The molecule has 0 unspecified atom stereocenters. The van der Waals surface area contributed by atoms with E-state index in [0.29, 0.717) is 19.3 Å². The van der Waals surface area contributed by atoms with Gasteiger partial charge in [0.1, 0.15) is 13.2 Å². The summed E-state index contributed by atoms with van der Waals surface area (Å²) in [6.45, 7) is 6.60. The highest BCUT2D eigenvalue weighted by molar-refractivity contribution is 5.71. The van der Waals surface area contributed by atoms with Gasteiger partial charge in [-0.3, -0.25) is 14.4 Å². The largest absolute Gasteiger partial charge is 0.462 e. The fraction of sp³-hybridized carbons (Fsp3) is 0.814. The molecule has 65 heavy (non-hydrogen) atoms. The Hall–Kier alpha value is -2.63. The summed E-state index contributed by atoms with van der Waals surface area (Å²) in [5.74, 6) is -0.930. The number of hydrogen-bond acceptors (Lipinski definition) is 6. The minimum atomic E-state index is -0.790. The number of carbonyl (C=O) groups is 3. The van der Waals surface area contributed by atoms with Gasteiger partial charge in [0, 0.05) is 19.3 Å². The smallest absolute Gasteiger partial charge is 0.306 e. The maximum Gasteiger partial charge on any atom is 0.306 e. The topological polar surface area (TPSA) is 78.9 Å². The molecular weight excluding hydrogens is 805 g/mol. The van der Waals surface area contributed by atoms with Crippen LogP contribution in [0.15, 0.2) is 48.6 Å². The van der Waals surface area contributed by atoms with E-state index in [4.69, 9.17) is 14.2 Å². The SMILES string of the molecule is CCCCC/C=C/C/C=C/C/C=C/C/C=C/CCCC(=O)OC[C@@H](COC(=O)CCCCCCCCCCCCCCC)OC(=O)CCCCCCCCCCCCCCCCCCC. The monoisotopic (exact) mass is 911 g/mol. The Labute approximate surface area is 403 Å². The predicted octanol–water partition coefficient (Wildman–Crippen LogP) is 18.7. The van der Waals surface area contributed by atoms with Crippen LogP contribution < -0.4 is 0 Å². The molecule has 378 valence electrons. The third kappa shape index (κ3) is 52.2. The van der Waals surface area contributed by atoms with Crippen LogP contribution in [0.3, 0.4) is 0 Å². The normalized spacial score (nSPS) is 12.4. The molecule has 0 aromatic rings. The van der Waals surface area contributed by atoms with Crippen LogP contribution in [0.4, 0.5) is 0 Å². The van der Waals surface area contributed by atoms with E-state index in [2.05, 4.69) is 69.4 Å². The fourth-order valence-electron chi connectivity index (χ4n) is 8.08. The third-order valence-electron chi connectivity index (χ3n) is 12.3.